The number of nitrogens with two attached hydrogens (primary N) is 1. The van der Waals surface area contributed by atoms with Gasteiger partial charge in [0.2, 0.25) is 11.5 Å². The molecule has 0 fully saturated rings. The lowest BCUT2D eigenvalue weighted by molar-refractivity contribution is -0.184. The molecule has 0 saturated carbocycles. The number of hydrogen-bond acceptors (Lipinski definition) is 18. The second kappa shape index (κ2) is 15.9. The van der Waals surface area contributed by atoms with Gasteiger partial charge in [-0.05, 0) is 35.4 Å². The lowest BCUT2D eigenvalue weighted by Crippen LogP contribution is -2.52. The zero-order valence-corrected chi connectivity index (χ0v) is 34.9. The minimum atomic E-state index is -2.37. The average Bonchev–Trinajstić information content (AvgIpc) is 4.12. The molecule has 2 aromatic carbocycles. The van der Waals surface area contributed by atoms with Gasteiger partial charge in [0, 0.05) is 9.75 Å². The van der Waals surface area contributed by atoms with Gasteiger partial charge in [-0.15, -0.1) is 45.3 Å². The van der Waals surface area contributed by atoms with Crippen LogP contribution in [0.25, 0.3) is 9.75 Å². The van der Waals surface area contributed by atoms with Gasteiger partial charge >= 0.3 is 17.5 Å². The van der Waals surface area contributed by atoms with Crippen LogP contribution in [0, 0.1) is 34.0 Å². The van der Waals surface area contributed by atoms with E-state index in [1.807, 2.05) is 78.9 Å². The van der Waals surface area contributed by atoms with Crippen LogP contribution in [0.3, 0.4) is 0 Å². The van der Waals surface area contributed by atoms with E-state index in [9.17, 15) is 20.1 Å². The van der Waals surface area contributed by atoms with Crippen LogP contribution in [-0.4, -0.2) is 23.5 Å². The summed E-state index contributed by atoms with van der Waals surface area (Å²) in [6, 6.07) is 31.1. The molecule has 4 N–H and O–H groups in total. The number of thiophene rings is 4. The third-order valence-corrected chi connectivity index (χ3v) is 16.5. The van der Waals surface area contributed by atoms with Crippen LogP contribution in [0.5, 0.6) is 5.75 Å². The van der Waals surface area contributed by atoms with Crippen molar-refractivity contribution in [3.8, 4) is 33.7 Å². The fourth-order valence-corrected chi connectivity index (χ4v) is 13.9. The predicted molar refractivity (Wildman–Crippen MR) is 231 cm³/mol. The Morgan fingerprint density at radius 2 is 1.22 bits per heavy atom. The van der Waals surface area contributed by atoms with Gasteiger partial charge in [0.15, 0.2) is 5.75 Å². The molecule has 4 aromatic heterocycles. The van der Waals surface area contributed by atoms with E-state index in [4.69, 9.17) is 25.2 Å². The van der Waals surface area contributed by atoms with E-state index < -0.39 is 17.5 Å². The number of hydrogen-bond donors (Lipinski definition) is 3. The fraction of sp³-hybridized carbons (Fsp3) is 0.125. The van der Waals surface area contributed by atoms with Crippen LogP contribution in [0.2, 0.25) is 0 Å². The van der Waals surface area contributed by atoms with Gasteiger partial charge in [-0.1, -0.05) is 84.2 Å². The van der Waals surface area contributed by atoms with Gasteiger partial charge in [0.1, 0.15) is 62.2 Å². The Morgan fingerprint density at radius 1 is 0.695 bits per heavy atom. The highest BCUT2D eigenvalue weighted by atomic mass is 32.2. The molecule has 0 aliphatic carbocycles. The van der Waals surface area contributed by atoms with Crippen molar-refractivity contribution in [2.24, 2.45) is 15.7 Å². The number of ether oxygens (including phenoxy) is 3. The SMILES string of the molecule is N#CC(N)=Nc1ccc(C2Nc3sc4c(c3S2)OC(C(=O)OCc2ccccc2)(C(=O)OCc2ccccc2)c2c-4sc3c2SC(c2ccc(N=C(C#N)C#N)s2)N3)s1. The first kappa shape index (κ1) is 38.4. The quantitative estimate of drug-likeness (QED) is 0.0507. The number of carbonyl (C=O) groups is 2. The number of thioether (sulfide) groups is 2. The van der Waals surface area contributed by atoms with Gasteiger partial charge in [-0.3, -0.25) is 0 Å². The van der Waals surface area contributed by atoms with Crippen molar-refractivity contribution < 1.29 is 23.8 Å². The molecule has 290 valence electrons. The largest absolute Gasteiger partial charge is 0.457 e. The van der Waals surface area contributed by atoms with Gasteiger partial charge in [0.25, 0.3) is 0 Å². The van der Waals surface area contributed by atoms with Crippen LogP contribution in [0.4, 0.5) is 20.0 Å². The van der Waals surface area contributed by atoms with Crippen molar-refractivity contribution >= 4 is 112 Å². The molecule has 3 aliphatic rings. The number of nitriles is 3. The van der Waals surface area contributed by atoms with Gasteiger partial charge < -0.3 is 30.6 Å². The fourth-order valence-electron chi connectivity index (χ4n) is 6.38. The van der Waals surface area contributed by atoms with Crippen LogP contribution in [0.1, 0.15) is 37.2 Å². The van der Waals surface area contributed by atoms with Crippen LogP contribution in [0.15, 0.2) is 105 Å². The number of rotatable bonds is 10. The molecule has 19 heteroatoms. The van der Waals surface area contributed by atoms with E-state index >= 15 is 0 Å². The van der Waals surface area contributed by atoms with Crippen molar-refractivity contribution in [2.45, 2.75) is 39.4 Å². The molecule has 0 saturated heterocycles. The zero-order chi connectivity index (χ0) is 40.7. The number of nitrogens with zero attached hydrogens (tertiary/aromatic N) is 5. The van der Waals surface area contributed by atoms with Gasteiger partial charge in [-0.25, -0.2) is 19.6 Å². The maximum atomic E-state index is 15.0. The standard InChI is InChI=1S/C40H24N8O5S6/c41-15-22(16-42)45-26-13-11-23(54-26)34-47-36-31(57-34)28-30(56-36)32-29(33-37(58-32)48-35(59-33)24-12-14-27(55-24)46-25(44)17-43)53-40(28,38(49)51-18-20-7-3-1-4-8-20)39(50)52-19-21-9-5-2-6-10-21/h1-14,34-35,47-48H,18-19H2,(H2,44,46). The average molecular weight is 889 g/mol. The summed E-state index contributed by atoms with van der Waals surface area (Å²) in [4.78, 5) is 42.8. The van der Waals surface area contributed by atoms with Gasteiger partial charge in [-0.2, -0.15) is 15.8 Å². The number of esters is 2. The number of carbonyl (C=O) groups excluding carboxylic acids is 2. The molecule has 0 amide bonds. The molecule has 0 spiro atoms. The molecular formula is C40H24N8O5S6. The first-order valence-electron chi connectivity index (χ1n) is 17.4. The highest BCUT2D eigenvalue weighted by Gasteiger charge is 2.62. The summed E-state index contributed by atoms with van der Waals surface area (Å²) in [6.45, 7) is -0.240. The molecule has 0 bridgehead atoms. The molecule has 7 heterocycles. The minimum Gasteiger partial charge on any atom is -0.457 e. The summed E-state index contributed by atoms with van der Waals surface area (Å²) in [5.41, 5.74) is 4.82. The van der Waals surface area contributed by atoms with E-state index in [0.29, 0.717) is 31.1 Å². The molecule has 0 radical (unpaired) electrons. The summed E-state index contributed by atoms with van der Waals surface area (Å²) in [5.74, 6) is -1.62. The number of benzene rings is 2. The topological polar surface area (TPSA) is 208 Å². The number of anilines is 2. The van der Waals surface area contributed by atoms with Crippen LogP contribution >= 0.6 is 68.9 Å². The molecular weight excluding hydrogens is 865 g/mol. The Labute approximate surface area is 360 Å². The molecule has 2 atom stereocenters. The molecule has 2 unspecified atom stereocenters. The molecule has 13 nitrogen and oxygen atoms in total. The first-order chi connectivity index (χ1) is 28.8. The number of fused-ring (bicyclic) bond motifs is 7. The number of aliphatic imine (C=N–C) groups is 2. The molecule has 9 rings (SSSR count). The van der Waals surface area contributed by atoms with Crippen LogP contribution < -0.4 is 21.1 Å². The second-order valence-electron chi connectivity index (χ2n) is 12.7. The molecule has 6 aromatic rings. The zero-order valence-electron chi connectivity index (χ0n) is 30.0. The smallest absolute Gasteiger partial charge is 0.367 e. The predicted octanol–water partition coefficient (Wildman–Crippen LogP) is 9.74. The highest BCUT2D eigenvalue weighted by Crippen LogP contribution is 2.68. The minimum absolute atomic E-state index is 0.120. The lowest BCUT2D eigenvalue weighted by atomic mass is 9.90. The van der Waals surface area contributed by atoms with Crippen LogP contribution in [-0.2, 0) is 37.9 Å². The first-order valence-corrected chi connectivity index (χ1v) is 22.4. The summed E-state index contributed by atoms with van der Waals surface area (Å²) in [5, 5.41) is 36.7. The van der Waals surface area contributed by atoms with E-state index in [1.54, 1.807) is 24.3 Å². The van der Waals surface area contributed by atoms with Crippen molar-refractivity contribution in [2.75, 3.05) is 10.6 Å². The molecule has 59 heavy (non-hydrogen) atoms. The summed E-state index contributed by atoms with van der Waals surface area (Å²) < 4.78 is 19.0. The Balaban J connectivity index is 1.13. The third-order valence-electron chi connectivity index (χ3n) is 9.02. The summed E-state index contributed by atoms with van der Waals surface area (Å²) >= 11 is 8.45. The maximum absolute atomic E-state index is 15.0. The highest BCUT2D eigenvalue weighted by molar-refractivity contribution is 8.01. The van der Waals surface area contributed by atoms with E-state index in [2.05, 4.69) is 20.6 Å². The molecule has 3 aliphatic heterocycles. The Kier molecular flexibility index (Phi) is 10.4. The van der Waals surface area contributed by atoms with Crippen molar-refractivity contribution in [3.63, 3.8) is 0 Å². The summed E-state index contributed by atoms with van der Waals surface area (Å²) in [6.07, 6.45) is 0. The summed E-state index contributed by atoms with van der Waals surface area (Å²) in [7, 11) is 0. The van der Waals surface area contributed by atoms with Crippen molar-refractivity contribution in [3.05, 3.63) is 111 Å². The van der Waals surface area contributed by atoms with Crippen molar-refractivity contribution in [1.82, 2.24) is 0 Å². The van der Waals surface area contributed by atoms with Crippen molar-refractivity contribution in [1.29, 1.82) is 15.8 Å². The van der Waals surface area contributed by atoms with E-state index in [-0.39, 0.29) is 35.5 Å². The lowest BCUT2D eigenvalue weighted by Gasteiger charge is -2.34. The number of nitrogens with one attached hydrogen (secondary N) is 2. The normalized spacial score (nSPS) is 16.6. The number of amidine groups is 1. The monoisotopic (exact) mass is 888 g/mol. The third kappa shape index (κ3) is 7.10. The maximum Gasteiger partial charge on any atom is 0.367 e. The Morgan fingerprint density at radius 3 is 1.78 bits per heavy atom. The van der Waals surface area contributed by atoms with E-state index in [0.717, 1.165) is 40.7 Å². The Bertz CT molecular complexity index is 2770. The Hall–Kier alpha value is -6.11. The second-order valence-corrected chi connectivity index (χ2v) is 19.2. The van der Waals surface area contributed by atoms with Gasteiger partial charge in [0.05, 0.1) is 25.1 Å². The van der Waals surface area contributed by atoms with E-state index in [1.165, 1.54) is 68.9 Å².